The van der Waals surface area contributed by atoms with Crippen LogP contribution in [0.1, 0.15) is 68.2 Å². The second-order valence-corrected chi connectivity index (χ2v) is 6.42. The van der Waals surface area contributed by atoms with E-state index in [2.05, 4.69) is 18.5 Å². The van der Waals surface area contributed by atoms with Crippen LogP contribution in [0.4, 0.5) is 5.82 Å². The van der Waals surface area contributed by atoms with Crippen molar-refractivity contribution in [2.24, 2.45) is 4.99 Å². The highest BCUT2D eigenvalue weighted by Gasteiger charge is 2.26. The van der Waals surface area contributed by atoms with Gasteiger partial charge in [-0.1, -0.05) is 32.8 Å². The van der Waals surface area contributed by atoms with Crippen LogP contribution in [0.25, 0.3) is 5.76 Å². The molecule has 1 aromatic heterocycles. The van der Waals surface area contributed by atoms with E-state index in [1.807, 2.05) is 6.92 Å². The second-order valence-electron chi connectivity index (χ2n) is 6.42. The molecule has 132 valence electrons. The van der Waals surface area contributed by atoms with E-state index in [9.17, 15) is 4.79 Å². The Labute approximate surface area is 144 Å². The van der Waals surface area contributed by atoms with Gasteiger partial charge in [0.05, 0.1) is 12.2 Å². The van der Waals surface area contributed by atoms with E-state index in [0.29, 0.717) is 23.7 Å². The number of nitrogens with zero attached hydrogens (tertiary/aromatic N) is 2. The fraction of sp³-hybridized carbons (Fsp3) is 0.579. The maximum absolute atomic E-state index is 13.1. The smallest absolute Gasteiger partial charge is 0.263 e. The zero-order valence-corrected chi connectivity index (χ0v) is 15.1. The van der Waals surface area contributed by atoms with Crippen molar-refractivity contribution in [1.82, 2.24) is 4.57 Å². The van der Waals surface area contributed by atoms with Crippen LogP contribution >= 0.6 is 0 Å². The summed E-state index contributed by atoms with van der Waals surface area (Å²) in [6, 6.07) is 0.157. The van der Waals surface area contributed by atoms with Gasteiger partial charge in [-0.25, -0.2) is 0 Å². The SMILES string of the molecule is C=C(OCCCC)c1c(C)c(C=NC)c(N)n(C2CCCC2)c1=O. The Hall–Kier alpha value is -2.04. The number of aromatic nitrogens is 1. The van der Waals surface area contributed by atoms with Gasteiger partial charge in [-0.3, -0.25) is 14.4 Å². The molecule has 1 aliphatic rings. The molecule has 0 saturated heterocycles. The average Bonchev–Trinajstić information content (AvgIpc) is 3.06. The van der Waals surface area contributed by atoms with Crippen molar-refractivity contribution in [3.63, 3.8) is 0 Å². The Kier molecular flexibility index (Phi) is 6.23. The largest absolute Gasteiger partial charge is 0.493 e. The lowest BCUT2D eigenvalue weighted by atomic mass is 10.0. The summed E-state index contributed by atoms with van der Waals surface area (Å²) in [6.45, 7) is 8.55. The van der Waals surface area contributed by atoms with E-state index in [4.69, 9.17) is 10.5 Å². The molecule has 0 aromatic carbocycles. The Morgan fingerprint density at radius 3 is 2.71 bits per heavy atom. The Balaban J connectivity index is 2.56. The van der Waals surface area contributed by atoms with E-state index in [0.717, 1.165) is 49.7 Å². The molecule has 0 unspecified atom stereocenters. The first-order valence-electron chi connectivity index (χ1n) is 8.81. The molecule has 1 heterocycles. The lowest BCUT2D eigenvalue weighted by molar-refractivity contribution is 0.270. The lowest BCUT2D eigenvalue weighted by Crippen LogP contribution is -2.31. The molecule has 5 heteroatoms. The molecule has 1 fully saturated rings. The number of rotatable bonds is 7. The van der Waals surface area contributed by atoms with Gasteiger partial charge in [0.15, 0.2) is 0 Å². The highest BCUT2D eigenvalue weighted by molar-refractivity contribution is 5.89. The number of unbranched alkanes of at least 4 members (excludes halogenated alkanes) is 1. The summed E-state index contributed by atoms with van der Waals surface area (Å²) in [7, 11) is 1.70. The Morgan fingerprint density at radius 2 is 2.12 bits per heavy atom. The third-order valence-corrected chi connectivity index (χ3v) is 4.75. The van der Waals surface area contributed by atoms with Gasteiger partial charge in [0, 0.05) is 24.9 Å². The van der Waals surface area contributed by atoms with Crippen LogP contribution < -0.4 is 11.3 Å². The lowest BCUT2D eigenvalue weighted by Gasteiger charge is -2.22. The Bertz CT molecular complexity index is 683. The van der Waals surface area contributed by atoms with Crippen LogP contribution in [-0.2, 0) is 4.74 Å². The number of hydrogen-bond donors (Lipinski definition) is 1. The van der Waals surface area contributed by atoms with Gasteiger partial charge < -0.3 is 10.5 Å². The number of nitrogens with two attached hydrogens (primary N) is 1. The van der Waals surface area contributed by atoms with Crippen molar-refractivity contribution in [3.8, 4) is 0 Å². The van der Waals surface area contributed by atoms with Crippen molar-refractivity contribution in [3.05, 3.63) is 33.6 Å². The predicted molar refractivity (Wildman–Crippen MR) is 101 cm³/mol. The fourth-order valence-electron chi connectivity index (χ4n) is 3.40. The zero-order chi connectivity index (χ0) is 17.7. The maximum Gasteiger partial charge on any atom is 0.263 e. The predicted octanol–water partition coefficient (Wildman–Crippen LogP) is 3.69. The molecule has 0 atom stereocenters. The highest BCUT2D eigenvalue weighted by atomic mass is 16.5. The summed E-state index contributed by atoms with van der Waals surface area (Å²) in [5, 5.41) is 0. The van der Waals surface area contributed by atoms with Gasteiger partial charge in [0.25, 0.3) is 5.56 Å². The minimum Gasteiger partial charge on any atom is -0.493 e. The third-order valence-electron chi connectivity index (χ3n) is 4.75. The van der Waals surface area contributed by atoms with Crippen LogP contribution in [0.15, 0.2) is 16.4 Å². The second kappa shape index (κ2) is 8.18. The maximum atomic E-state index is 13.1. The normalized spacial score (nSPS) is 15.3. The standard InChI is InChI=1S/C19H29N3O2/c1-5-6-11-24-14(3)17-13(2)16(12-21-4)18(20)22(19(17)23)15-9-7-8-10-15/h12,15H,3,5-11,20H2,1-2,4H3. The van der Waals surface area contributed by atoms with Gasteiger partial charge in [0.2, 0.25) is 0 Å². The minimum absolute atomic E-state index is 0.0911. The van der Waals surface area contributed by atoms with E-state index in [1.165, 1.54) is 0 Å². The molecule has 0 aliphatic heterocycles. The van der Waals surface area contributed by atoms with Crippen molar-refractivity contribution in [1.29, 1.82) is 0 Å². The minimum atomic E-state index is -0.0911. The monoisotopic (exact) mass is 331 g/mol. The quantitative estimate of drug-likeness (QED) is 0.470. The molecule has 24 heavy (non-hydrogen) atoms. The van der Waals surface area contributed by atoms with Gasteiger partial charge >= 0.3 is 0 Å². The molecule has 1 aromatic rings. The molecule has 1 aliphatic carbocycles. The number of pyridine rings is 1. The first-order chi connectivity index (χ1) is 11.5. The number of hydrogen-bond acceptors (Lipinski definition) is 4. The number of nitrogen functional groups attached to an aromatic ring is 1. The van der Waals surface area contributed by atoms with Crippen LogP contribution in [0, 0.1) is 6.92 Å². The summed E-state index contributed by atoms with van der Waals surface area (Å²) in [5.41, 5.74) is 8.36. The highest BCUT2D eigenvalue weighted by Crippen LogP contribution is 2.32. The molecule has 0 radical (unpaired) electrons. The molecular formula is C19H29N3O2. The van der Waals surface area contributed by atoms with E-state index < -0.39 is 0 Å². The summed E-state index contributed by atoms with van der Waals surface area (Å²) in [6.07, 6.45) is 7.92. The summed E-state index contributed by atoms with van der Waals surface area (Å²) >= 11 is 0. The topological polar surface area (TPSA) is 69.6 Å². The van der Waals surface area contributed by atoms with Gasteiger partial charge in [-0.15, -0.1) is 0 Å². The molecule has 0 bridgehead atoms. The average molecular weight is 331 g/mol. The van der Waals surface area contributed by atoms with Crippen LogP contribution in [0.2, 0.25) is 0 Å². The van der Waals surface area contributed by atoms with Gasteiger partial charge in [-0.05, 0) is 31.7 Å². The summed E-state index contributed by atoms with van der Waals surface area (Å²) < 4.78 is 7.46. The molecule has 1 saturated carbocycles. The number of anilines is 1. The van der Waals surface area contributed by atoms with Crippen LogP contribution in [0.3, 0.4) is 0 Å². The van der Waals surface area contributed by atoms with Crippen molar-refractivity contribution >= 4 is 17.8 Å². The van der Waals surface area contributed by atoms with Crippen LogP contribution in [-0.4, -0.2) is 24.4 Å². The van der Waals surface area contributed by atoms with E-state index >= 15 is 0 Å². The number of ether oxygens (including phenoxy) is 1. The van der Waals surface area contributed by atoms with Crippen LogP contribution in [0.5, 0.6) is 0 Å². The molecule has 2 N–H and O–H groups in total. The van der Waals surface area contributed by atoms with Crippen molar-refractivity contribution in [2.45, 2.75) is 58.4 Å². The molecule has 0 spiro atoms. The van der Waals surface area contributed by atoms with E-state index in [1.54, 1.807) is 17.8 Å². The van der Waals surface area contributed by atoms with E-state index in [-0.39, 0.29) is 11.6 Å². The summed E-state index contributed by atoms with van der Waals surface area (Å²) in [5.74, 6) is 0.934. The van der Waals surface area contributed by atoms with Crippen molar-refractivity contribution < 1.29 is 4.74 Å². The molecular weight excluding hydrogens is 302 g/mol. The van der Waals surface area contributed by atoms with Gasteiger partial charge in [0.1, 0.15) is 11.6 Å². The number of aliphatic imine (C=N–C) groups is 1. The first kappa shape index (κ1) is 18.3. The third kappa shape index (κ3) is 3.55. The Morgan fingerprint density at radius 1 is 1.46 bits per heavy atom. The zero-order valence-electron chi connectivity index (χ0n) is 15.1. The van der Waals surface area contributed by atoms with Crippen molar-refractivity contribution in [2.75, 3.05) is 19.4 Å². The van der Waals surface area contributed by atoms with Gasteiger partial charge in [-0.2, -0.15) is 0 Å². The molecule has 5 nitrogen and oxygen atoms in total. The summed E-state index contributed by atoms with van der Waals surface area (Å²) in [4.78, 5) is 17.2. The molecule has 0 amide bonds. The molecule has 2 rings (SSSR count). The first-order valence-corrected chi connectivity index (χ1v) is 8.81. The fourth-order valence-corrected chi connectivity index (χ4v) is 3.40.